The van der Waals surface area contributed by atoms with E-state index in [4.69, 9.17) is 4.74 Å². The highest BCUT2D eigenvalue weighted by Gasteiger charge is 2.21. The SMILES string of the molecule is Cc1cccc(NC(=O)n2c(C)cc3c(F)c(Oc4cc(CNC5CC5)ncn4)ccc32)c1. The van der Waals surface area contributed by atoms with Crippen molar-refractivity contribution in [2.45, 2.75) is 39.3 Å². The molecule has 2 aromatic carbocycles. The molecular formula is C25H24FN5O2. The standard InChI is InChI=1S/C25H24FN5O2/c1-15-4-3-5-18(10-15)30-25(32)31-16(2)11-20-21(31)8-9-22(24(20)26)33-23-12-19(28-14-29-23)13-27-17-6-7-17/h3-5,8-12,14,17,27H,6-7,13H2,1-2H3,(H,30,32). The fourth-order valence-electron chi connectivity index (χ4n) is 3.79. The number of anilines is 1. The van der Waals surface area contributed by atoms with Gasteiger partial charge in [-0.2, -0.15) is 0 Å². The molecule has 33 heavy (non-hydrogen) atoms. The largest absolute Gasteiger partial charge is 0.436 e. The predicted octanol–water partition coefficient (Wildman–Crippen LogP) is 5.31. The van der Waals surface area contributed by atoms with Gasteiger partial charge in [0.05, 0.1) is 11.2 Å². The summed E-state index contributed by atoms with van der Waals surface area (Å²) in [7, 11) is 0. The summed E-state index contributed by atoms with van der Waals surface area (Å²) < 4.78 is 22.5. The summed E-state index contributed by atoms with van der Waals surface area (Å²) in [5, 5.41) is 6.55. The quantitative estimate of drug-likeness (QED) is 0.420. The lowest BCUT2D eigenvalue weighted by Gasteiger charge is -2.11. The van der Waals surface area contributed by atoms with Gasteiger partial charge in [-0.05, 0) is 62.6 Å². The number of ether oxygens (including phenoxy) is 1. The second-order valence-electron chi connectivity index (χ2n) is 8.34. The van der Waals surface area contributed by atoms with Crippen molar-refractivity contribution in [1.82, 2.24) is 19.9 Å². The number of hydrogen-bond donors (Lipinski definition) is 2. The maximum absolute atomic E-state index is 15.3. The van der Waals surface area contributed by atoms with Crippen LogP contribution in [0.25, 0.3) is 10.9 Å². The van der Waals surface area contributed by atoms with Crippen LogP contribution in [0.5, 0.6) is 11.6 Å². The number of carbonyl (C=O) groups is 1. The normalized spacial score (nSPS) is 13.3. The molecule has 4 aromatic rings. The third kappa shape index (κ3) is 4.56. The lowest BCUT2D eigenvalue weighted by Crippen LogP contribution is -2.20. The van der Waals surface area contributed by atoms with Crippen LogP contribution in [0.1, 0.15) is 29.8 Å². The number of nitrogens with zero attached hydrogens (tertiary/aromatic N) is 3. The molecule has 1 amide bonds. The Hall–Kier alpha value is -3.78. The number of fused-ring (bicyclic) bond motifs is 1. The average Bonchev–Trinajstić information content (AvgIpc) is 3.55. The number of rotatable bonds is 6. The first-order valence-corrected chi connectivity index (χ1v) is 10.9. The van der Waals surface area contributed by atoms with Crippen molar-refractivity contribution >= 4 is 22.6 Å². The van der Waals surface area contributed by atoms with Crippen molar-refractivity contribution in [3.05, 3.63) is 77.6 Å². The Balaban J connectivity index is 1.39. The van der Waals surface area contributed by atoms with Crippen molar-refractivity contribution in [2.24, 2.45) is 0 Å². The van der Waals surface area contributed by atoms with E-state index in [-0.39, 0.29) is 17.7 Å². The van der Waals surface area contributed by atoms with E-state index in [1.165, 1.54) is 29.8 Å². The molecule has 1 aliphatic carbocycles. The Morgan fingerprint density at radius 1 is 1.15 bits per heavy atom. The zero-order valence-corrected chi connectivity index (χ0v) is 18.4. The van der Waals surface area contributed by atoms with E-state index in [1.807, 2.05) is 31.2 Å². The molecule has 0 spiro atoms. The Morgan fingerprint density at radius 3 is 2.79 bits per heavy atom. The number of aryl methyl sites for hydroxylation is 2. The first kappa shape index (κ1) is 21.1. The number of hydrogen-bond acceptors (Lipinski definition) is 5. The molecule has 1 aliphatic rings. The molecule has 0 atom stereocenters. The lowest BCUT2D eigenvalue weighted by molar-refractivity contribution is 0.254. The van der Waals surface area contributed by atoms with Crippen molar-refractivity contribution in [3.8, 4) is 11.6 Å². The van der Waals surface area contributed by atoms with Crippen LogP contribution in [-0.4, -0.2) is 26.6 Å². The molecule has 1 fully saturated rings. The van der Waals surface area contributed by atoms with Crippen LogP contribution in [0.15, 0.2) is 54.9 Å². The summed E-state index contributed by atoms with van der Waals surface area (Å²) in [6, 6.07) is 14.2. The highest BCUT2D eigenvalue weighted by atomic mass is 19.1. The van der Waals surface area contributed by atoms with Crippen LogP contribution in [0.3, 0.4) is 0 Å². The highest BCUT2D eigenvalue weighted by Crippen LogP contribution is 2.32. The second-order valence-corrected chi connectivity index (χ2v) is 8.34. The summed E-state index contributed by atoms with van der Waals surface area (Å²) in [6.45, 7) is 4.33. The average molecular weight is 445 g/mol. The van der Waals surface area contributed by atoms with Gasteiger partial charge in [-0.25, -0.2) is 19.2 Å². The highest BCUT2D eigenvalue weighted by molar-refractivity contribution is 6.00. The molecule has 0 saturated heterocycles. The summed E-state index contributed by atoms with van der Waals surface area (Å²) in [5.41, 5.74) is 3.56. The zero-order chi connectivity index (χ0) is 22.9. The van der Waals surface area contributed by atoms with Gasteiger partial charge >= 0.3 is 6.03 Å². The van der Waals surface area contributed by atoms with Crippen LogP contribution in [-0.2, 0) is 6.54 Å². The minimum Gasteiger partial charge on any atom is -0.436 e. The first-order valence-electron chi connectivity index (χ1n) is 10.9. The molecule has 0 radical (unpaired) electrons. The van der Waals surface area contributed by atoms with Crippen LogP contribution < -0.4 is 15.4 Å². The van der Waals surface area contributed by atoms with E-state index in [0.29, 0.717) is 34.9 Å². The molecule has 2 N–H and O–H groups in total. The van der Waals surface area contributed by atoms with Gasteiger partial charge in [0, 0.05) is 35.4 Å². The van der Waals surface area contributed by atoms with E-state index in [1.54, 1.807) is 25.1 Å². The van der Waals surface area contributed by atoms with Gasteiger partial charge in [0.1, 0.15) is 6.33 Å². The Morgan fingerprint density at radius 2 is 2.00 bits per heavy atom. The fourth-order valence-corrected chi connectivity index (χ4v) is 3.79. The molecule has 0 aliphatic heterocycles. The molecule has 8 heteroatoms. The Kier molecular flexibility index (Phi) is 5.51. The minimum absolute atomic E-state index is 0.0403. The van der Waals surface area contributed by atoms with Gasteiger partial charge in [-0.1, -0.05) is 12.1 Å². The molecule has 1 saturated carbocycles. The smallest absolute Gasteiger partial charge is 0.330 e. The van der Waals surface area contributed by atoms with Gasteiger partial charge < -0.3 is 15.4 Å². The van der Waals surface area contributed by atoms with Gasteiger partial charge in [-0.15, -0.1) is 0 Å². The summed E-state index contributed by atoms with van der Waals surface area (Å²) in [4.78, 5) is 21.3. The summed E-state index contributed by atoms with van der Waals surface area (Å²) in [5.74, 6) is -0.239. The van der Waals surface area contributed by atoms with Crippen LogP contribution >= 0.6 is 0 Å². The first-order chi connectivity index (χ1) is 16.0. The molecule has 7 nitrogen and oxygen atoms in total. The molecule has 0 unspecified atom stereocenters. The lowest BCUT2D eigenvalue weighted by atomic mass is 10.2. The molecular weight excluding hydrogens is 421 g/mol. The third-order valence-electron chi connectivity index (χ3n) is 5.60. The third-order valence-corrected chi connectivity index (χ3v) is 5.60. The van der Waals surface area contributed by atoms with Gasteiger partial charge in [0.15, 0.2) is 11.6 Å². The number of halogens is 1. The fraction of sp³-hybridized carbons (Fsp3) is 0.240. The number of aromatic nitrogens is 3. The van der Waals surface area contributed by atoms with E-state index < -0.39 is 5.82 Å². The number of carbonyl (C=O) groups excluding carboxylic acids is 1. The predicted molar refractivity (Wildman–Crippen MR) is 124 cm³/mol. The summed E-state index contributed by atoms with van der Waals surface area (Å²) in [6.07, 6.45) is 3.77. The monoisotopic (exact) mass is 445 g/mol. The van der Waals surface area contributed by atoms with Crippen LogP contribution in [0.4, 0.5) is 14.9 Å². The van der Waals surface area contributed by atoms with Gasteiger partial charge in [-0.3, -0.25) is 4.57 Å². The molecule has 2 heterocycles. The maximum atomic E-state index is 15.3. The van der Waals surface area contributed by atoms with Crippen molar-refractivity contribution in [1.29, 1.82) is 0 Å². The van der Waals surface area contributed by atoms with Crippen LogP contribution in [0, 0.1) is 19.7 Å². The zero-order valence-electron chi connectivity index (χ0n) is 18.4. The van der Waals surface area contributed by atoms with Gasteiger partial charge in [0.25, 0.3) is 0 Å². The molecule has 0 bridgehead atoms. The Bertz CT molecular complexity index is 1350. The molecule has 168 valence electrons. The minimum atomic E-state index is -0.547. The second kappa shape index (κ2) is 8.63. The van der Waals surface area contributed by atoms with E-state index in [0.717, 1.165) is 11.3 Å². The number of amides is 1. The van der Waals surface area contributed by atoms with Gasteiger partial charge in [0.2, 0.25) is 5.88 Å². The summed E-state index contributed by atoms with van der Waals surface area (Å²) >= 11 is 0. The van der Waals surface area contributed by atoms with E-state index in [2.05, 4.69) is 20.6 Å². The van der Waals surface area contributed by atoms with Crippen molar-refractivity contribution in [2.75, 3.05) is 5.32 Å². The topological polar surface area (TPSA) is 81.1 Å². The molecule has 2 aromatic heterocycles. The Labute approximate surface area is 190 Å². The van der Waals surface area contributed by atoms with Crippen molar-refractivity contribution < 1.29 is 13.9 Å². The van der Waals surface area contributed by atoms with E-state index >= 15 is 4.39 Å². The number of benzene rings is 2. The number of nitrogens with one attached hydrogen (secondary N) is 2. The van der Waals surface area contributed by atoms with Crippen molar-refractivity contribution in [3.63, 3.8) is 0 Å². The van der Waals surface area contributed by atoms with Crippen LogP contribution in [0.2, 0.25) is 0 Å². The maximum Gasteiger partial charge on any atom is 0.330 e. The molecule has 5 rings (SSSR count). The van der Waals surface area contributed by atoms with E-state index in [9.17, 15) is 4.79 Å².